The van der Waals surface area contributed by atoms with Crippen molar-refractivity contribution < 1.29 is 27.1 Å². The van der Waals surface area contributed by atoms with Crippen LogP contribution in [-0.2, 0) is 19.6 Å². The molecular weight excluding hydrogens is 411 g/mol. The zero-order valence-corrected chi connectivity index (χ0v) is 17.1. The van der Waals surface area contributed by atoms with Gasteiger partial charge in [-0.1, -0.05) is 18.2 Å². The fraction of sp³-hybridized carbons (Fsp3) is 0.238. The molecule has 1 amide bonds. The van der Waals surface area contributed by atoms with E-state index in [4.69, 9.17) is 0 Å². The SMILES string of the molecule is COC(=O)c1ccc(/C=C/C(=O)N2CCN(S(=O)(=O)c3cccc(F)c3)CC2)cc1. The number of methoxy groups -OCH3 is 1. The first-order valence-electron chi connectivity index (χ1n) is 9.22. The lowest BCUT2D eigenvalue weighted by molar-refractivity contribution is -0.127. The van der Waals surface area contributed by atoms with E-state index in [-0.39, 0.29) is 37.0 Å². The fourth-order valence-corrected chi connectivity index (χ4v) is 4.50. The first-order chi connectivity index (χ1) is 14.3. The molecule has 2 aromatic carbocycles. The van der Waals surface area contributed by atoms with E-state index in [1.54, 1.807) is 35.2 Å². The number of rotatable bonds is 5. The highest BCUT2D eigenvalue weighted by Crippen LogP contribution is 2.18. The highest BCUT2D eigenvalue weighted by atomic mass is 32.2. The molecule has 158 valence electrons. The van der Waals surface area contributed by atoms with E-state index < -0.39 is 21.8 Å². The summed E-state index contributed by atoms with van der Waals surface area (Å²) in [6.45, 7) is 0.733. The zero-order chi connectivity index (χ0) is 21.7. The largest absolute Gasteiger partial charge is 0.465 e. The number of hydrogen-bond acceptors (Lipinski definition) is 5. The molecule has 0 unspecified atom stereocenters. The van der Waals surface area contributed by atoms with Crippen molar-refractivity contribution in [3.63, 3.8) is 0 Å². The molecule has 3 rings (SSSR count). The number of esters is 1. The molecule has 30 heavy (non-hydrogen) atoms. The number of ether oxygens (including phenoxy) is 1. The van der Waals surface area contributed by atoms with Gasteiger partial charge in [-0.2, -0.15) is 4.31 Å². The lowest BCUT2D eigenvalue weighted by Gasteiger charge is -2.33. The van der Waals surface area contributed by atoms with Crippen LogP contribution < -0.4 is 0 Å². The van der Waals surface area contributed by atoms with Gasteiger partial charge in [0.15, 0.2) is 0 Å². The highest BCUT2D eigenvalue weighted by molar-refractivity contribution is 7.89. The number of nitrogens with zero attached hydrogens (tertiary/aromatic N) is 2. The van der Waals surface area contributed by atoms with Crippen LogP contribution in [0.5, 0.6) is 0 Å². The molecule has 1 saturated heterocycles. The van der Waals surface area contributed by atoms with Crippen LogP contribution in [0.25, 0.3) is 6.08 Å². The third-order valence-electron chi connectivity index (χ3n) is 4.73. The Labute approximate surface area is 174 Å². The van der Waals surface area contributed by atoms with E-state index >= 15 is 0 Å². The van der Waals surface area contributed by atoms with Gasteiger partial charge in [-0.05, 0) is 42.0 Å². The predicted molar refractivity (Wildman–Crippen MR) is 109 cm³/mol. The smallest absolute Gasteiger partial charge is 0.337 e. The Hall–Kier alpha value is -3.04. The number of benzene rings is 2. The molecule has 1 aliphatic rings. The molecule has 1 aliphatic heterocycles. The molecule has 0 radical (unpaired) electrons. The summed E-state index contributed by atoms with van der Waals surface area (Å²) >= 11 is 0. The van der Waals surface area contributed by atoms with Crippen LogP contribution in [0.15, 0.2) is 59.5 Å². The Morgan fingerprint density at radius 3 is 2.30 bits per heavy atom. The van der Waals surface area contributed by atoms with Crippen molar-refractivity contribution in [2.75, 3.05) is 33.3 Å². The van der Waals surface area contributed by atoms with Crippen LogP contribution in [0.1, 0.15) is 15.9 Å². The van der Waals surface area contributed by atoms with Crippen molar-refractivity contribution in [3.8, 4) is 0 Å². The normalized spacial score (nSPS) is 15.3. The first-order valence-corrected chi connectivity index (χ1v) is 10.7. The number of piperazine rings is 1. The summed E-state index contributed by atoms with van der Waals surface area (Å²) in [5.41, 5.74) is 1.15. The number of carbonyl (C=O) groups is 2. The second-order valence-corrected chi connectivity index (χ2v) is 8.57. The standard InChI is InChI=1S/C21H21FN2O5S/c1-29-21(26)17-8-5-16(6-9-17)7-10-20(25)23-11-13-24(14-12-23)30(27,28)19-4-2-3-18(22)15-19/h2-10,15H,11-14H2,1H3/b10-7+. The summed E-state index contributed by atoms with van der Waals surface area (Å²) in [5.74, 6) is -1.29. The van der Waals surface area contributed by atoms with E-state index in [1.807, 2.05) is 0 Å². The molecular formula is C21H21FN2O5S. The van der Waals surface area contributed by atoms with Crippen LogP contribution >= 0.6 is 0 Å². The van der Waals surface area contributed by atoms with E-state index in [1.165, 1.54) is 35.7 Å². The summed E-state index contributed by atoms with van der Waals surface area (Å²) in [5, 5.41) is 0. The van der Waals surface area contributed by atoms with Crippen molar-refractivity contribution in [2.24, 2.45) is 0 Å². The monoisotopic (exact) mass is 432 g/mol. The minimum Gasteiger partial charge on any atom is -0.465 e. The lowest BCUT2D eigenvalue weighted by atomic mass is 10.1. The van der Waals surface area contributed by atoms with Crippen molar-refractivity contribution in [1.29, 1.82) is 0 Å². The van der Waals surface area contributed by atoms with Gasteiger partial charge in [0.2, 0.25) is 15.9 Å². The average molecular weight is 432 g/mol. The Balaban J connectivity index is 1.59. The van der Waals surface area contributed by atoms with E-state index in [0.717, 1.165) is 11.6 Å². The zero-order valence-electron chi connectivity index (χ0n) is 16.3. The summed E-state index contributed by atoms with van der Waals surface area (Å²) in [6.07, 6.45) is 3.03. The molecule has 0 aliphatic carbocycles. The van der Waals surface area contributed by atoms with E-state index in [9.17, 15) is 22.4 Å². The van der Waals surface area contributed by atoms with Gasteiger partial charge < -0.3 is 9.64 Å². The van der Waals surface area contributed by atoms with Gasteiger partial charge in [0.25, 0.3) is 0 Å². The minimum atomic E-state index is -3.80. The molecule has 0 N–H and O–H groups in total. The van der Waals surface area contributed by atoms with Crippen molar-refractivity contribution in [3.05, 3.63) is 71.6 Å². The van der Waals surface area contributed by atoms with Crippen LogP contribution in [0.3, 0.4) is 0 Å². The predicted octanol–water partition coefficient (Wildman–Crippen LogP) is 2.16. The Morgan fingerprint density at radius 1 is 1.03 bits per heavy atom. The summed E-state index contributed by atoms with van der Waals surface area (Å²) in [4.78, 5) is 25.3. The molecule has 9 heteroatoms. The van der Waals surface area contributed by atoms with Crippen LogP contribution in [0.2, 0.25) is 0 Å². The van der Waals surface area contributed by atoms with E-state index in [0.29, 0.717) is 5.56 Å². The van der Waals surface area contributed by atoms with Gasteiger partial charge in [-0.25, -0.2) is 17.6 Å². The van der Waals surface area contributed by atoms with Crippen molar-refractivity contribution in [1.82, 2.24) is 9.21 Å². The summed E-state index contributed by atoms with van der Waals surface area (Å²) in [6, 6.07) is 11.5. The molecule has 1 heterocycles. The van der Waals surface area contributed by atoms with Crippen LogP contribution in [0, 0.1) is 5.82 Å². The fourth-order valence-electron chi connectivity index (χ4n) is 3.05. The maximum atomic E-state index is 13.4. The molecule has 0 atom stereocenters. The first kappa shape index (κ1) is 21.7. The van der Waals surface area contributed by atoms with Crippen molar-refractivity contribution >= 4 is 28.0 Å². The number of amides is 1. The number of carbonyl (C=O) groups excluding carboxylic acids is 2. The van der Waals surface area contributed by atoms with Gasteiger partial charge in [-0.15, -0.1) is 0 Å². The third kappa shape index (κ3) is 4.92. The summed E-state index contributed by atoms with van der Waals surface area (Å²) in [7, 11) is -2.50. The quantitative estimate of drug-likeness (QED) is 0.534. The molecule has 1 fully saturated rings. The van der Waals surface area contributed by atoms with Gasteiger partial charge in [0.1, 0.15) is 5.82 Å². The Bertz CT molecular complexity index is 1060. The Kier molecular flexibility index (Phi) is 6.63. The van der Waals surface area contributed by atoms with E-state index in [2.05, 4.69) is 4.74 Å². The second-order valence-electron chi connectivity index (χ2n) is 6.63. The van der Waals surface area contributed by atoms with Gasteiger partial charge in [-0.3, -0.25) is 4.79 Å². The average Bonchev–Trinajstić information content (AvgIpc) is 2.77. The molecule has 7 nitrogen and oxygen atoms in total. The minimum absolute atomic E-state index is 0.0995. The summed E-state index contributed by atoms with van der Waals surface area (Å²) < 4.78 is 44.5. The number of sulfonamides is 1. The van der Waals surface area contributed by atoms with Gasteiger partial charge in [0.05, 0.1) is 17.6 Å². The molecule has 2 aromatic rings. The van der Waals surface area contributed by atoms with Crippen molar-refractivity contribution in [2.45, 2.75) is 4.90 Å². The van der Waals surface area contributed by atoms with Crippen LogP contribution in [0.4, 0.5) is 4.39 Å². The third-order valence-corrected chi connectivity index (χ3v) is 6.63. The maximum Gasteiger partial charge on any atom is 0.337 e. The maximum absolute atomic E-state index is 13.4. The molecule has 0 spiro atoms. The van der Waals surface area contributed by atoms with Gasteiger partial charge >= 0.3 is 5.97 Å². The highest BCUT2D eigenvalue weighted by Gasteiger charge is 2.29. The number of halogens is 1. The lowest BCUT2D eigenvalue weighted by Crippen LogP contribution is -2.50. The Morgan fingerprint density at radius 2 is 1.70 bits per heavy atom. The molecule has 0 saturated carbocycles. The second kappa shape index (κ2) is 9.19. The number of hydrogen-bond donors (Lipinski definition) is 0. The topological polar surface area (TPSA) is 84.0 Å². The van der Waals surface area contributed by atoms with Gasteiger partial charge in [0, 0.05) is 32.3 Å². The molecule has 0 aromatic heterocycles. The molecule has 0 bridgehead atoms. The van der Waals surface area contributed by atoms with Crippen LogP contribution in [-0.4, -0.2) is 62.8 Å².